The molecule has 0 aliphatic carbocycles. The predicted molar refractivity (Wildman–Crippen MR) is 126 cm³/mol. The number of hydrogen-bond donors (Lipinski definition) is 3. The molecule has 0 unspecified atom stereocenters. The molecule has 4 rings (SSSR count). The van der Waals surface area contributed by atoms with Gasteiger partial charge in [-0.1, -0.05) is 45.0 Å². The van der Waals surface area contributed by atoms with Crippen molar-refractivity contribution in [3.63, 3.8) is 0 Å². The molecule has 0 saturated carbocycles. The summed E-state index contributed by atoms with van der Waals surface area (Å²) in [6.45, 7) is 8.99. The molecule has 166 valence electrons. The van der Waals surface area contributed by atoms with Crippen molar-refractivity contribution in [2.45, 2.75) is 46.1 Å². The summed E-state index contributed by atoms with van der Waals surface area (Å²) < 4.78 is 7.38. The van der Waals surface area contributed by atoms with Crippen molar-refractivity contribution in [3.05, 3.63) is 48.6 Å². The largest absolute Gasteiger partial charge is 0.383 e. The smallest absolute Gasteiger partial charge is 0.324 e. The minimum Gasteiger partial charge on any atom is -0.383 e. The number of fused-ring (bicyclic) bond motifs is 1. The van der Waals surface area contributed by atoms with Crippen LogP contribution >= 0.6 is 0 Å². The van der Waals surface area contributed by atoms with E-state index in [0.29, 0.717) is 23.1 Å². The molecule has 2 amide bonds. The fraction of sp³-hybridized carbons (Fsp3) is 0.304. The number of aromatic nitrogens is 4. The van der Waals surface area contributed by atoms with Gasteiger partial charge in [-0.2, -0.15) is 0 Å². The molecule has 0 radical (unpaired) electrons. The molecule has 0 saturated heterocycles. The van der Waals surface area contributed by atoms with Gasteiger partial charge in [0, 0.05) is 35.5 Å². The molecule has 3 aromatic heterocycles. The Morgan fingerprint density at radius 3 is 2.56 bits per heavy atom. The third kappa shape index (κ3) is 4.27. The molecule has 0 bridgehead atoms. The standard InChI is InChI=1S/C23H27N7O2/c1-5-10-30-12-16(19-20(24)25-13-26-21(19)30)14-6-8-15(9-7-14)27-22(31)28-18-11-17(32-29-18)23(2,3)4/h6-9,11-13H,5,10H2,1-4H3,(H2,24,25,26)(H2,27,28,29,31). The first-order chi connectivity index (χ1) is 15.3. The van der Waals surface area contributed by atoms with Gasteiger partial charge in [-0.05, 0) is 24.1 Å². The van der Waals surface area contributed by atoms with E-state index in [1.54, 1.807) is 6.07 Å². The van der Waals surface area contributed by atoms with Crippen molar-refractivity contribution in [2.24, 2.45) is 0 Å². The Kier molecular flexibility index (Phi) is 5.56. The first kappa shape index (κ1) is 21.4. The lowest BCUT2D eigenvalue weighted by Gasteiger charge is -2.12. The maximum Gasteiger partial charge on any atom is 0.324 e. The minimum atomic E-state index is -0.399. The zero-order valence-electron chi connectivity index (χ0n) is 18.6. The average molecular weight is 434 g/mol. The lowest BCUT2D eigenvalue weighted by atomic mass is 9.93. The number of hydrogen-bond acceptors (Lipinski definition) is 6. The highest BCUT2D eigenvalue weighted by atomic mass is 16.5. The Morgan fingerprint density at radius 1 is 1.16 bits per heavy atom. The van der Waals surface area contributed by atoms with Gasteiger partial charge in [0.15, 0.2) is 5.82 Å². The summed E-state index contributed by atoms with van der Waals surface area (Å²) in [7, 11) is 0. The van der Waals surface area contributed by atoms with Crippen LogP contribution in [0.15, 0.2) is 47.4 Å². The number of nitrogen functional groups attached to an aromatic ring is 1. The molecule has 0 fully saturated rings. The maximum atomic E-state index is 12.4. The number of benzene rings is 1. The average Bonchev–Trinajstić information content (AvgIpc) is 3.35. The highest BCUT2D eigenvalue weighted by molar-refractivity contribution is 6.02. The van der Waals surface area contributed by atoms with Gasteiger partial charge in [0.2, 0.25) is 0 Å². The van der Waals surface area contributed by atoms with Gasteiger partial charge in [0.1, 0.15) is 23.6 Å². The molecule has 9 heteroatoms. The zero-order chi connectivity index (χ0) is 22.9. The van der Waals surface area contributed by atoms with Gasteiger partial charge in [-0.25, -0.2) is 14.8 Å². The van der Waals surface area contributed by atoms with Crippen LogP contribution < -0.4 is 16.4 Å². The Hall–Kier alpha value is -3.88. The van der Waals surface area contributed by atoms with Crippen molar-refractivity contribution in [1.29, 1.82) is 0 Å². The SMILES string of the molecule is CCCn1cc(-c2ccc(NC(=O)Nc3cc(C(C)(C)C)on3)cc2)c2c(N)ncnc21. The molecular weight excluding hydrogens is 406 g/mol. The number of rotatable bonds is 5. The normalized spacial score (nSPS) is 11.6. The molecule has 0 aliphatic rings. The molecule has 4 N–H and O–H groups in total. The highest BCUT2D eigenvalue weighted by Crippen LogP contribution is 2.33. The summed E-state index contributed by atoms with van der Waals surface area (Å²) in [5.41, 5.74) is 9.35. The quantitative estimate of drug-likeness (QED) is 0.406. The van der Waals surface area contributed by atoms with Crippen LogP contribution in [0.25, 0.3) is 22.2 Å². The van der Waals surface area contributed by atoms with Crippen LogP contribution in [0.4, 0.5) is 22.1 Å². The van der Waals surface area contributed by atoms with Crippen LogP contribution in [0, 0.1) is 0 Å². The first-order valence-corrected chi connectivity index (χ1v) is 10.5. The third-order valence-electron chi connectivity index (χ3n) is 5.09. The number of anilines is 3. The molecule has 0 spiro atoms. The van der Waals surface area contributed by atoms with Crippen LogP contribution in [0.3, 0.4) is 0 Å². The molecule has 0 aliphatic heterocycles. The molecule has 3 heterocycles. The van der Waals surface area contributed by atoms with E-state index in [4.69, 9.17) is 10.3 Å². The Balaban J connectivity index is 1.51. The van der Waals surface area contributed by atoms with Gasteiger partial charge in [-0.15, -0.1) is 0 Å². The van der Waals surface area contributed by atoms with E-state index in [2.05, 4.69) is 37.2 Å². The van der Waals surface area contributed by atoms with E-state index in [0.717, 1.165) is 35.1 Å². The summed E-state index contributed by atoms with van der Waals surface area (Å²) in [6.07, 6.45) is 4.51. The summed E-state index contributed by atoms with van der Waals surface area (Å²) in [4.78, 5) is 20.9. The summed E-state index contributed by atoms with van der Waals surface area (Å²) >= 11 is 0. The van der Waals surface area contributed by atoms with E-state index in [-0.39, 0.29) is 5.41 Å². The third-order valence-corrected chi connectivity index (χ3v) is 5.09. The fourth-order valence-electron chi connectivity index (χ4n) is 3.48. The number of amides is 2. The van der Waals surface area contributed by atoms with Crippen LogP contribution in [-0.4, -0.2) is 25.7 Å². The van der Waals surface area contributed by atoms with Crippen molar-refractivity contribution >= 4 is 34.4 Å². The number of nitrogens with one attached hydrogen (secondary N) is 2. The zero-order valence-corrected chi connectivity index (χ0v) is 18.6. The van der Waals surface area contributed by atoms with Crippen LogP contribution in [0.1, 0.15) is 39.9 Å². The lowest BCUT2D eigenvalue weighted by Crippen LogP contribution is -2.19. The Morgan fingerprint density at radius 2 is 1.91 bits per heavy atom. The number of nitrogens with two attached hydrogens (primary N) is 1. The molecular formula is C23H27N7O2. The Labute approximate surface area is 186 Å². The van der Waals surface area contributed by atoms with Gasteiger partial charge in [0.25, 0.3) is 0 Å². The van der Waals surface area contributed by atoms with Crippen LogP contribution in [0.5, 0.6) is 0 Å². The van der Waals surface area contributed by atoms with E-state index in [9.17, 15) is 4.79 Å². The molecule has 4 aromatic rings. The van der Waals surface area contributed by atoms with E-state index >= 15 is 0 Å². The van der Waals surface area contributed by atoms with E-state index in [1.807, 2.05) is 51.2 Å². The van der Waals surface area contributed by atoms with E-state index in [1.165, 1.54) is 6.33 Å². The lowest BCUT2D eigenvalue weighted by molar-refractivity contribution is 0.262. The number of carbonyl (C=O) groups excluding carboxylic acids is 1. The minimum absolute atomic E-state index is 0.187. The second kappa shape index (κ2) is 8.33. The van der Waals surface area contributed by atoms with Crippen molar-refractivity contribution < 1.29 is 9.32 Å². The second-order valence-electron chi connectivity index (χ2n) is 8.68. The fourth-order valence-corrected chi connectivity index (χ4v) is 3.48. The summed E-state index contributed by atoms with van der Waals surface area (Å²) in [5, 5.41) is 10.2. The van der Waals surface area contributed by atoms with Gasteiger partial charge in [-0.3, -0.25) is 5.32 Å². The van der Waals surface area contributed by atoms with Gasteiger partial charge < -0.3 is 20.1 Å². The number of aryl methyl sites for hydroxylation is 1. The highest BCUT2D eigenvalue weighted by Gasteiger charge is 2.20. The summed E-state index contributed by atoms with van der Waals surface area (Å²) in [6, 6.07) is 8.86. The maximum absolute atomic E-state index is 12.4. The van der Waals surface area contributed by atoms with Crippen LogP contribution in [0.2, 0.25) is 0 Å². The van der Waals surface area contributed by atoms with Crippen molar-refractivity contribution in [2.75, 3.05) is 16.4 Å². The monoisotopic (exact) mass is 433 g/mol. The predicted octanol–water partition coefficient (Wildman–Crippen LogP) is 5.02. The molecule has 9 nitrogen and oxygen atoms in total. The molecule has 32 heavy (non-hydrogen) atoms. The second-order valence-corrected chi connectivity index (χ2v) is 8.68. The van der Waals surface area contributed by atoms with Crippen LogP contribution in [-0.2, 0) is 12.0 Å². The van der Waals surface area contributed by atoms with Crippen molar-refractivity contribution in [1.82, 2.24) is 19.7 Å². The molecule has 1 aromatic carbocycles. The first-order valence-electron chi connectivity index (χ1n) is 10.5. The number of carbonyl (C=O) groups is 1. The van der Waals surface area contributed by atoms with Gasteiger partial charge >= 0.3 is 6.03 Å². The van der Waals surface area contributed by atoms with Gasteiger partial charge in [0.05, 0.1) is 5.39 Å². The molecule has 0 atom stereocenters. The summed E-state index contributed by atoms with van der Waals surface area (Å²) in [5.74, 6) is 1.51. The van der Waals surface area contributed by atoms with E-state index < -0.39 is 6.03 Å². The topological polar surface area (TPSA) is 124 Å². The number of nitrogens with zero attached hydrogens (tertiary/aromatic N) is 4. The number of urea groups is 1. The Bertz CT molecular complexity index is 1250. The van der Waals surface area contributed by atoms with Crippen molar-refractivity contribution in [3.8, 4) is 11.1 Å².